The summed E-state index contributed by atoms with van der Waals surface area (Å²) in [5, 5.41) is 10.4. The number of hydrogen-bond acceptors (Lipinski definition) is 7. The minimum absolute atomic E-state index is 0.0207. The van der Waals surface area contributed by atoms with Crippen LogP contribution in [-0.2, 0) is 4.79 Å². The summed E-state index contributed by atoms with van der Waals surface area (Å²) in [7, 11) is 1.98. The van der Waals surface area contributed by atoms with E-state index in [4.69, 9.17) is 21.1 Å². The molecule has 0 radical (unpaired) electrons. The van der Waals surface area contributed by atoms with Crippen LogP contribution >= 0.6 is 11.6 Å². The number of pyridine rings is 1. The molecule has 1 aromatic carbocycles. The summed E-state index contributed by atoms with van der Waals surface area (Å²) in [6, 6.07) is 3.45. The van der Waals surface area contributed by atoms with E-state index in [-0.39, 0.29) is 76.8 Å². The van der Waals surface area contributed by atoms with E-state index < -0.39 is 11.9 Å². The van der Waals surface area contributed by atoms with Crippen LogP contribution in [0.15, 0.2) is 30.9 Å². The highest BCUT2D eigenvalue weighted by atomic mass is 35.5. The Morgan fingerprint density at radius 3 is 2.84 bits per heavy atom. The van der Waals surface area contributed by atoms with Gasteiger partial charge in [0.15, 0.2) is 5.75 Å². The zero-order valence-electron chi connectivity index (χ0n) is 20.5. The van der Waals surface area contributed by atoms with Gasteiger partial charge in [0.2, 0.25) is 11.8 Å². The Morgan fingerprint density at radius 1 is 1.30 bits per heavy atom. The van der Waals surface area contributed by atoms with Crippen LogP contribution in [0.1, 0.15) is 23.2 Å². The predicted octanol–water partition coefficient (Wildman–Crippen LogP) is 2.95. The number of benzene rings is 1. The van der Waals surface area contributed by atoms with E-state index in [0.29, 0.717) is 13.1 Å². The molecule has 2 atom stereocenters. The lowest BCUT2D eigenvalue weighted by atomic mass is 10.1. The van der Waals surface area contributed by atoms with Crippen LogP contribution in [0.4, 0.5) is 4.39 Å². The minimum Gasteiger partial charge on any atom is -0.507 e. The molecule has 1 aromatic heterocycles. The van der Waals surface area contributed by atoms with E-state index in [1.54, 1.807) is 9.80 Å². The number of phenolic OH excluding ortho intramolecular Hbond substituents is 1. The van der Waals surface area contributed by atoms with Gasteiger partial charge in [-0.15, -0.1) is 0 Å². The molecule has 0 bridgehead atoms. The second-order valence-corrected chi connectivity index (χ2v) is 9.89. The number of halogens is 2. The number of likely N-dealkylation sites (N-methyl/N-ethyl adjacent to an activating group) is 1. The fourth-order valence-electron chi connectivity index (χ4n) is 5.13. The smallest absolute Gasteiger partial charge is 0.263 e. The molecular formula is C26H28ClFN4O5. The monoisotopic (exact) mass is 530 g/mol. The number of hydrogen-bond donors (Lipinski definition) is 1. The van der Waals surface area contributed by atoms with Gasteiger partial charge in [-0.2, -0.15) is 0 Å². The first-order chi connectivity index (χ1) is 17.8. The fourth-order valence-corrected chi connectivity index (χ4v) is 5.42. The maximum Gasteiger partial charge on any atom is 0.263 e. The average molecular weight is 531 g/mol. The van der Waals surface area contributed by atoms with E-state index in [1.165, 1.54) is 24.3 Å². The molecular weight excluding hydrogens is 503 g/mol. The van der Waals surface area contributed by atoms with E-state index in [0.717, 1.165) is 19.4 Å². The van der Waals surface area contributed by atoms with Crippen LogP contribution in [0.3, 0.4) is 0 Å². The third kappa shape index (κ3) is 4.71. The number of carbonyl (C=O) groups excluding carboxylic acids is 2. The number of rotatable bonds is 4. The standard InChI is InChI=1S/C26H28ClFN4O5/c1-3-19(34)31-10-11-32-15(12-31)14-36-24-21(26(32)35)25(37-16-6-5-9-30(2)13-16)29-23(22(24)27)20-17(28)7-4-8-18(20)33/h3-4,7-8,15-16,33H,1,5-6,9-14H2,2H3. The van der Waals surface area contributed by atoms with Crippen LogP contribution in [-0.4, -0.2) is 95.1 Å². The lowest BCUT2D eigenvalue weighted by molar-refractivity contribution is -0.128. The highest BCUT2D eigenvalue weighted by Crippen LogP contribution is 2.46. The number of aromatic hydroxyl groups is 1. The molecule has 196 valence electrons. The summed E-state index contributed by atoms with van der Waals surface area (Å²) in [5.41, 5.74) is -0.225. The lowest BCUT2D eigenvalue weighted by Crippen LogP contribution is -2.57. The Labute approximate surface area is 219 Å². The Kier molecular flexibility index (Phi) is 6.96. The molecule has 0 saturated carbocycles. The summed E-state index contributed by atoms with van der Waals surface area (Å²) < 4.78 is 27.2. The normalized spacial score (nSPS) is 22.0. The highest BCUT2D eigenvalue weighted by Gasteiger charge is 2.41. The summed E-state index contributed by atoms with van der Waals surface area (Å²) in [6.45, 7) is 6.04. The van der Waals surface area contributed by atoms with E-state index >= 15 is 0 Å². The van der Waals surface area contributed by atoms with Crippen molar-refractivity contribution >= 4 is 23.4 Å². The van der Waals surface area contributed by atoms with Gasteiger partial charge in [-0.3, -0.25) is 9.59 Å². The molecule has 2 saturated heterocycles. The molecule has 3 aliphatic rings. The topological polar surface area (TPSA) is 95.4 Å². The third-order valence-corrected chi connectivity index (χ3v) is 7.36. The Hall–Kier alpha value is -3.37. The number of phenols is 1. The van der Waals surface area contributed by atoms with Gasteiger partial charge in [0.25, 0.3) is 5.91 Å². The zero-order chi connectivity index (χ0) is 26.3. The second-order valence-electron chi connectivity index (χ2n) is 9.51. The highest BCUT2D eigenvalue weighted by molar-refractivity contribution is 6.35. The van der Waals surface area contributed by atoms with Gasteiger partial charge in [0, 0.05) is 26.2 Å². The number of nitrogens with zero attached hydrogens (tertiary/aromatic N) is 4. The zero-order valence-corrected chi connectivity index (χ0v) is 21.2. The van der Waals surface area contributed by atoms with Crippen molar-refractivity contribution in [2.24, 2.45) is 0 Å². The summed E-state index contributed by atoms with van der Waals surface area (Å²) in [6.07, 6.45) is 2.64. The predicted molar refractivity (Wildman–Crippen MR) is 135 cm³/mol. The minimum atomic E-state index is -0.728. The van der Waals surface area contributed by atoms with Gasteiger partial charge < -0.3 is 29.3 Å². The molecule has 0 spiro atoms. The quantitative estimate of drug-likeness (QED) is 0.607. The number of fused-ring (bicyclic) bond motifs is 2. The van der Waals surface area contributed by atoms with Crippen molar-refractivity contribution in [3.63, 3.8) is 0 Å². The van der Waals surface area contributed by atoms with E-state index in [9.17, 15) is 19.1 Å². The third-order valence-electron chi connectivity index (χ3n) is 7.01. The largest absolute Gasteiger partial charge is 0.507 e. The average Bonchev–Trinajstić information content (AvgIpc) is 3.02. The van der Waals surface area contributed by atoms with Gasteiger partial charge in [-0.1, -0.05) is 24.2 Å². The molecule has 9 nitrogen and oxygen atoms in total. The van der Waals surface area contributed by atoms with Gasteiger partial charge in [0.1, 0.15) is 40.6 Å². The second kappa shape index (κ2) is 10.2. The Balaban J connectivity index is 1.61. The SMILES string of the molecule is C=CC(=O)N1CCN2C(=O)c3c(OC4CCCN(C)C4)nc(-c4c(O)cccc4F)c(Cl)c3OCC2C1. The van der Waals surface area contributed by atoms with Gasteiger partial charge in [-0.25, -0.2) is 9.37 Å². The van der Waals surface area contributed by atoms with Crippen molar-refractivity contribution < 1.29 is 28.6 Å². The maximum absolute atomic E-state index is 14.9. The van der Waals surface area contributed by atoms with Crippen LogP contribution < -0.4 is 9.47 Å². The van der Waals surface area contributed by atoms with Crippen LogP contribution in [0.25, 0.3) is 11.3 Å². The summed E-state index contributed by atoms with van der Waals surface area (Å²) in [4.78, 5) is 36.0. The fraction of sp³-hybridized carbons (Fsp3) is 0.423. The number of carbonyl (C=O) groups is 2. The molecule has 2 amide bonds. The molecule has 3 aliphatic heterocycles. The van der Waals surface area contributed by atoms with Crippen molar-refractivity contribution in [3.05, 3.63) is 47.3 Å². The maximum atomic E-state index is 14.9. The van der Waals surface area contributed by atoms with Crippen LogP contribution in [0, 0.1) is 5.82 Å². The molecule has 5 rings (SSSR count). The van der Waals surface area contributed by atoms with Crippen molar-refractivity contribution in [3.8, 4) is 28.6 Å². The molecule has 0 aliphatic carbocycles. The van der Waals surface area contributed by atoms with Crippen LogP contribution in [0.2, 0.25) is 5.02 Å². The molecule has 4 heterocycles. The Bertz CT molecular complexity index is 1240. The first-order valence-electron chi connectivity index (χ1n) is 12.2. The van der Waals surface area contributed by atoms with Crippen molar-refractivity contribution in [1.29, 1.82) is 0 Å². The van der Waals surface area contributed by atoms with Gasteiger partial charge >= 0.3 is 0 Å². The van der Waals surface area contributed by atoms with Crippen molar-refractivity contribution in [1.82, 2.24) is 19.7 Å². The first-order valence-corrected chi connectivity index (χ1v) is 12.6. The molecule has 37 heavy (non-hydrogen) atoms. The molecule has 11 heteroatoms. The van der Waals surface area contributed by atoms with Crippen LogP contribution in [0.5, 0.6) is 17.4 Å². The number of likely N-dealkylation sites (tertiary alicyclic amines) is 1. The summed E-state index contributed by atoms with van der Waals surface area (Å²) in [5.74, 6) is -1.69. The van der Waals surface area contributed by atoms with E-state index in [2.05, 4.69) is 16.5 Å². The van der Waals surface area contributed by atoms with Gasteiger partial charge in [0.05, 0.1) is 11.6 Å². The number of piperazine rings is 1. The van der Waals surface area contributed by atoms with Crippen molar-refractivity contribution in [2.45, 2.75) is 25.0 Å². The van der Waals surface area contributed by atoms with E-state index in [1.807, 2.05) is 7.05 Å². The van der Waals surface area contributed by atoms with Crippen molar-refractivity contribution in [2.75, 3.05) is 46.4 Å². The molecule has 2 aromatic rings. The number of aromatic nitrogens is 1. The number of piperidine rings is 1. The molecule has 2 unspecified atom stereocenters. The first kappa shape index (κ1) is 25.3. The number of amides is 2. The van der Waals surface area contributed by atoms with Gasteiger partial charge in [-0.05, 0) is 44.6 Å². The molecule has 1 N–H and O–H groups in total. The summed E-state index contributed by atoms with van der Waals surface area (Å²) >= 11 is 6.70. The lowest BCUT2D eigenvalue weighted by Gasteiger charge is -2.39. The molecule has 2 fully saturated rings. The Morgan fingerprint density at radius 2 is 2.11 bits per heavy atom. The number of ether oxygens (including phenoxy) is 2.